The summed E-state index contributed by atoms with van der Waals surface area (Å²) in [6.07, 6.45) is 1.81. The van der Waals surface area contributed by atoms with E-state index in [1.807, 2.05) is 0 Å². The lowest BCUT2D eigenvalue weighted by molar-refractivity contribution is -0.404. The van der Waals surface area contributed by atoms with Crippen molar-refractivity contribution in [2.45, 2.75) is 87.4 Å². The molecule has 14 atom stereocenters. The van der Waals surface area contributed by atoms with Crippen molar-refractivity contribution in [1.82, 2.24) is 4.90 Å². The Morgan fingerprint density at radius 1 is 1.20 bits per heavy atom. The lowest BCUT2D eigenvalue weighted by Crippen LogP contribution is -2.86. The quantitative estimate of drug-likeness (QED) is 0.606. The van der Waals surface area contributed by atoms with Gasteiger partial charge in [0.05, 0.1) is 30.5 Å². The Labute approximate surface area is 177 Å². The lowest BCUT2D eigenvalue weighted by Gasteiger charge is -2.76. The van der Waals surface area contributed by atoms with Crippen molar-refractivity contribution in [2.24, 2.45) is 34.5 Å². The van der Waals surface area contributed by atoms with E-state index in [1.54, 1.807) is 14.2 Å². The van der Waals surface area contributed by atoms with Crippen molar-refractivity contribution in [3.8, 4) is 0 Å². The second-order valence-electron chi connectivity index (χ2n) is 11.6. The van der Waals surface area contributed by atoms with Crippen LogP contribution in [-0.4, -0.2) is 88.9 Å². The van der Waals surface area contributed by atoms with Gasteiger partial charge in [-0.25, -0.2) is 0 Å². The molecule has 4 heterocycles. The van der Waals surface area contributed by atoms with Gasteiger partial charge < -0.3 is 29.5 Å². The smallest absolute Gasteiger partial charge is 0.136 e. The molecule has 7 heteroatoms. The SMILES string of the molecule is CCN1C2O[C@H]3CC[C@]2(C)[C@H]2[C@H](OC)[C@@]4(O)C1[C@@]32[C@@H]1C[C@H]2[C@H](O)[C@@H]1[C@]4(O)C[C@@H]2OC. The summed E-state index contributed by atoms with van der Waals surface area (Å²) in [6.45, 7) is 5.21. The summed E-state index contributed by atoms with van der Waals surface area (Å²) in [6, 6.07) is -0.213. The molecule has 0 radical (unpaired) electrons. The first-order chi connectivity index (χ1) is 14.3. The molecule has 1 spiro atoms. The van der Waals surface area contributed by atoms with Crippen LogP contribution < -0.4 is 0 Å². The van der Waals surface area contributed by atoms with Gasteiger partial charge in [0.1, 0.15) is 17.4 Å². The molecule has 5 saturated carbocycles. The molecule has 5 aliphatic carbocycles. The zero-order valence-corrected chi connectivity index (χ0v) is 18.3. The minimum Gasteiger partial charge on any atom is -0.392 e. The summed E-state index contributed by atoms with van der Waals surface area (Å²) in [5.74, 6) is -0.141. The maximum atomic E-state index is 12.7. The van der Waals surface area contributed by atoms with Crippen molar-refractivity contribution in [2.75, 3.05) is 20.8 Å². The van der Waals surface area contributed by atoms with Crippen LogP contribution in [0.15, 0.2) is 0 Å². The Hall–Kier alpha value is -0.280. The molecule has 0 amide bonds. The lowest BCUT2D eigenvalue weighted by atomic mass is 9.41. The summed E-state index contributed by atoms with van der Waals surface area (Å²) in [7, 11) is 3.35. The molecule has 9 aliphatic rings. The standard InChI is InChI=1S/C23H35NO6/c1-5-24-18-22-11-8-10-12(28-3)9-21(26,14(11)15(10)25)23(18,27)17(29-4)16(22)20(2)7-6-13(22)30-19(20)24/h10-19,25-27H,5-9H2,1-4H3/t10-,11-,12+,13+,14-,15+,16-,17+,18?,19?,20-,21-,22+,23-/m1/s1. The van der Waals surface area contributed by atoms with Crippen molar-refractivity contribution in [3.63, 3.8) is 0 Å². The molecule has 4 saturated heterocycles. The van der Waals surface area contributed by atoms with E-state index in [4.69, 9.17) is 14.2 Å². The van der Waals surface area contributed by atoms with Gasteiger partial charge in [0.25, 0.3) is 0 Å². The molecule has 0 aromatic heterocycles. The highest BCUT2D eigenvalue weighted by atomic mass is 16.5. The second-order valence-corrected chi connectivity index (χ2v) is 11.6. The van der Waals surface area contributed by atoms with Crippen LogP contribution in [0.1, 0.15) is 39.5 Å². The van der Waals surface area contributed by atoms with Crippen molar-refractivity contribution in [3.05, 3.63) is 0 Å². The molecular weight excluding hydrogens is 386 g/mol. The van der Waals surface area contributed by atoms with E-state index in [0.29, 0.717) is 6.42 Å². The number of piperidine rings is 1. The average Bonchev–Trinajstić information content (AvgIpc) is 3.12. The van der Waals surface area contributed by atoms with Crippen LogP contribution in [0.5, 0.6) is 0 Å². The predicted molar refractivity (Wildman–Crippen MR) is 105 cm³/mol. The first kappa shape index (κ1) is 19.2. The highest BCUT2D eigenvalue weighted by molar-refractivity contribution is 5.42. The summed E-state index contributed by atoms with van der Waals surface area (Å²) in [4.78, 5) is 2.35. The van der Waals surface area contributed by atoms with Crippen LogP contribution in [-0.2, 0) is 14.2 Å². The predicted octanol–water partition coefficient (Wildman–Crippen LogP) is 0.354. The maximum Gasteiger partial charge on any atom is 0.136 e. The fraction of sp³-hybridized carbons (Fsp3) is 1.00. The van der Waals surface area contributed by atoms with Gasteiger partial charge in [-0.1, -0.05) is 13.8 Å². The topological polar surface area (TPSA) is 91.6 Å². The summed E-state index contributed by atoms with van der Waals surface area (Å²) in [5, 5.41) is 36.6. The van der Waals surface area contributed by atoms with Crippen molar-refractivity contribution < 1.29 is 29.5 Å². The van der Waals surface area contributed by atoms with E-state index in [2.05, 4.69) is 18.7 Å². The van der Waals surface area contributed by atoms with Crippen molar-refractivity contribution >= 4 is 0 Å². The van der Waals surface area contributed by atoms with Gasteiger partial charge >= 0.3 is 0 Å². The third kappa shape index (κ3) is 1.48. The number of fused-ring (bicyclic) bond motifs is 3. The van der Waals surface area contributed by atoms with Gasteiger partial charge in [-0.2, -0.15) is 0 Å². The minimum absolute atomic E-state index is 0.00320. The van der Waals surface area contributed by atoms with Gasteiger partial charge in [0.15, 0.2) is 0 Å². The summed E-state index contributed by atoms with van der Waals surface area (Å²) < 4.78 is 18.7. The van der Waals surface area contributed by atoms with Crippen molar-refractivity contribution in [1.29, 1.82) is 0 Å². The number of aliphatic hydroxyl groups excluding tert-OH is 1. The number of likely N-dealkylation sites (N-methyl/N-ethyl adjacent to an activating group) is 1. The van der Waals surface area contributed by atoms with Gasteiger partial charge in [-0.15, -0.1) is 0 Å². The average molecular weight is 422 g/mol. The number of nitrogens with zero attached hydrogens (tertiary/aromatic N) is 1. The highest BCUT2D eigenvalue weighted by Crippen LogP contribution is 2.83. The molecule has 7 nitrogen and oxygen atoms in total. The van der Waals surface area contributed by atoms with E-state index < -0.39 is 23.4 Å². The van der Waals surface area contributed by atoms with E-state index in [1.165, 1.54) is 0 Å². The number of rotatable bonds is 3. The van der Waals surface area contributed by atoms with E-state index in [0.717, 1.165) is 25.8 Å². The zero-order chi connectivity index (χ0) is 21.0. The van der Waals surface area contributed by atoms with Crippen LogP contribution in [0.2, 0.25) is 0 Å². The molecule has 9 bridgehead atoms. The Balaban J connectivity index is 1.56. The molecular formula is C23H35NO6. The molecule has 168 valence electrons. The number of ether oxygens (including phenoxy) is 3. The zero-order valence-electron chi connectivity index (χ0n) is 18.3. The molecule has 0 aromatic rings. The summed E-state index contributed by atoms with van der Waals surface area (Å²) in [5.41, 5.74) is -3.34. The molecule has 2 unspecified atom stereocenters. The van der Waals surface area contributed by atoms with Gasteiger partial charge in [-0.3, -0.25) is 4.90 Å². The van der Waals surface area contributed by atoms with Gasteiger partial charge in [-0.05, 0) is 31.7 Å². The van der Waals surface area contributed by atoms with E-state index >= 15 is 0 Å². The molecule has 0 aromatic carbocycles. The van der Waals surface area contributed by atoms with Crippen LogP contribution >= 0.6 is 0 Å². The van der Waals surface area contributed by atoms with Crippen LogP contribution in [0.4, 0.5) is 0 Å². The maximum absolute atomic E-state index is 12.7. The Bertz CT molecular complexity index is 811. The monoisotopic (exact) mass is 421 g/mol. The first-order valence-corrected chi connectivity index (χ1v) is 11.9. The minimum atomic E-state index is -1.46. The normalized spacial score (nSPS) is 69.3. The Morgan fingerprint density at radius 3 is 2.63 bits per heavy atom. The second kappa shape index (κ2) is 5.27. The first-order valence-electron chi connectivity index (χ1n) is 11.9. The van der Waals surface area contributed by atoms with Crippen LogP contribution in [0.3, 0.4) is 0 Å². The fourth-order valence-electron chi connectivity index (χ4n) is 11.0. The van der Waals surface area contributed by atoms with Crippen LogP contribution in [0.25, 0.3) is 0 Å². The third-order valence-electron chi connectivity index (χ3n) is 11.4. The van der Waals surface area contributed by atoms with Crippen LogP contribution in [0, 0.1) is 34.5 Å². The number of hydrogen-bond acceptors (Lipinski definition) is 7. The molecule has 4 aliphatic heterocycles. The third-order valence-corrected chi connectivity index (χ3v) is 11.4. The van der Waals surface area contributed by atoms with Gasteiger partial charge in [0.2, 0.25) is 0 Å². The molecule has 9 rings (SSSR count). The Morgan fingerprint density at radius 2 is 1.97 bits per heavy atom. The number of hydrogen-bond donors (Lipinski definition) is 3. The fourth-order valence-corrected chi connectivity index (χ4v) is 11.0. The molecule has 9 fully saturated rings. The number of aliphatic hydroxyl groups is 3. The highest BCUT2D eigenvalue weighted by Gasteiger charge is 2.94. The summed E-state index contributed by atoms with van der Waals surface area (Å²) >= 11 is 0. The largest absolute Gasteiger partial charge is 0.392 e. The van der Waals surface area contributed by atoms with E-state index in [9.17, 15) is 15.3 Å². The molecule has 30 heavy (non-hydrogen) atoms. The molecule has 3 N–H and O–H groups in total. The Kier molecular flexibility index (Phi) is 3.37. The van der Waals surface area contributed by atoms with E-state index in [-0.39, 0.29) is 59.0 Å². The number of methoxy groups -OCH3 is 2. The van der Waals surface area contributed by atoms with Gasteiger partial charge in [0, 0.05) is 49.2 Å².